The van der Waals surface area contributed by atoms with E-state index in [0.29, 0.717) is 5.92 Å². The third kappa shape index (κ3) is 4.36. The summed E-state index contributed by atoms with van der Waals surface area (Å²) in [6.45, 7) is 11.1. The zero-order chi connectivity index (χ0) is 10.3. The predicted octanol–water partition coefficient (Wildman–Crippen LogP) is 4.11. The van der Waals surface area contributed by atoms with E-state index in [1.54, 1.807) is 0 Å². The van der Waals surface area contributed by atoms with Gasteiger partial charge in [0.15, 0.2) is 0 Å². The molecule has 0 amide bonds. The largest absolute Gasteiger partial charge is 0.106 e. The van der Waals surface area contributed by atoms with Crippen molar-refractivity contribution in [1.82, 2.24) is 0 Å². The van der Waals surface area contributed by atoms with Gasteiger partial charge in [-0.05, 0) is 25.2 Å². The molecule has 0 aliphatic carbocycles. The summed E-state index contributed by atoms with van der Waals surface area (Å²) in [6.07, 6.45) is 3.83. The second-order valence-electron chi connectivity index (χ2n) is 4.07. The highest BCUT2D eigenvalue weighted by molar-refractivity contribution is 5.03. The van der Waals surface area contributed by atoms with Gasteiger partial charge in [0.05, 0.1) is 0 Å². The van der Waals surface area contributed by atoms with Gasteiger partial charge in [-0.15, -0.1) is 5.92 Å². The predicted molar refractivity (Wildman–Crippen MR) is 60.5 cm³/mol. The van der Waals surface area contributed by atoms with Crippen LogP contribution in [0, 0.1) is 29.6 Å². The van der Waals surface area contributed by atoms with Crippen molar-refractivity contribution in [3.05, 3.63) is 0 Å². The van der Waals surface area contributed by atoms with E-state index < -0.39 is 0 Å². The van der Waals surface area contributed by atoms with E-state index in [9.17, 15) is 0 Å². The maximum absolute atomic E-state index is 3.37. The lowest BCUT2D eigenvalue weighted by Crippen LogP contribution is -2.17. The highest BCUT2D eigenvalue weighted by Gasteiger charge is 2.19. The molecule has 0 fully saturated rings. The minimum absolute atomic E-state index is 0.606. The van der Waals surface area contributed by atoms with Crippen LogP contribution in [0.4, 0.5) is 0 Å². The van der Waals surface area contributed by atoms with Crippen molar-refractivity contribution in [2.45, 2.75) is 53.9 Å². The fourth-order valence-electron chi connectivity index (χ4n) is 1.90. The zero-order valence-electron chi connectivity index (χ0n) is 9.85. The second kappa shape index (κ2) is 7.01. The van der Waals surface area contributed by atoms with Crippen LogP contribution in [0.2, 0.25) is 0 Å². The first kappa shape index (κ1) is 12.6. The fraction of sp³-hybridized carbons (Fsp3) is 0.846. The third-order valence-corrected chi connectivity index (χ3v) is 2.93. The molecule has 13 heavy (non-hydrogen) atoms. The lowest BCUT2D eigenvalue weighted by atomic mass is 9.80. The van der Waals surface area contributed by atoms with Crippen LogP contribution in [-0.2, 0) is 0 Å². The molecular weight excluding hydrogens is 156 g/mol. The van der Waals surface area contributed by atoms with Gasteiger partial charge in [-0.25, -0.2) is 0 Å². The van der Waals surface area contributed by atoms with Gasteiger partial charge in [-0.2, -0.15) is 0 Å². The van der Waals surface area contributed by atoms with Crippen molar-refractivity contribution < 1.29 is 0 Å². The van der Waals surface area contributed by atoms with Gasteiger partial charge in [0, 0.05) is 5.92 Å². The van der Waals surface area contributed by atoms with E-state index in [4.69, 9.17) is 0 Å². The maximum Gasteiger partial charge on any atom is 0.0253 e. The average molecular weight is 180 g/mol. The van der Waals surface area contributed by atoms with Gasteiger partial charge < -0.3 is 0 Å². The van der Waals surface area contributed by atoms with Gasteiger partial charge in [0.2, 0.25) is 0 Å². The molecule has 3 atom stereocenters. The van der Waals surface area contributed by atoms with Crippen molar-refractivity contribution in [1.29, 1.82) is 0 Å². The Labute approximate surface area is 84.1 Å². The van der Waals surface area contributed by atoms with Crippen LogP contribution in [0.25, 0.3) is 0 Å². The molecule has 0 rings (SSSR count). The molecule has 0 N–H and O–H groups in total. The first-order chi connectivity index (χ1) is 6.17. The van der Waals surface area contributed by atoms with Crippen LogP contribution in [0.1, 0.15) is 53.9 Å². The first-order valence-corrected chi connectivity index (χ1v) is 5.59. The molecule has 76 valence electrons. The normalized spacial score (nSPS) is 17.0. The van der Waals surface area contributed by atoms with E-state index in [1.807, 2.05) is 6.92 Å². The quantitative estimate of drug-likeness (QED) is 0.559. The summed E-state index contributed by atoms with van der Waals surface area (Å²) in [5, 5.41) is 0. The molecular formula is C13H24. The van der Waals surface area contributed by atoms with Crippen LogP contribution in [-0.4, -0.2) is 0 Å². The first-order valence-electron chi connectivity index (χ1n) is 5.59. The van der Waals surface area contributed by atoms with Gasteiger partial charge >= 0.3 is 0 Å². The van der Waals surface area contributed by atoms with Gasteiger partial charge in [-0.1, -0.05) is 46.5 Å². The smallest absolute Gasteiger partial charge is 0.0253 e. The summed E-state index contributed by atoms with van der Waals surface area (Å²) in [4.78, 5) is 0. The number of hydrogen-bond acceptors (Lipinski definition) is 0. The minimum atomic E-state index is 0.606. The molecule has 0 saturated heterocycles. The number of hydrogen-bond donors (Lipinski definition) is 0. The van der Waals surface area contributed by atoms with E-state index in [0.717, 1.165) is 11.8 Å². The van der Waals surface area contributed by atoms with E-state index in [-0.39, 0.29) is 0 Å². The maximum atomic E-state index is 3.37. The molecule has 0 heteroatoms. The molecule has 0 nitrogen and oxygen atoms in total. The van der Waals surface area contributed by atoms with Crippen molar-refractivity contribution in [3.63, 3.8) is 0 Å². The Morgan fingerprint density at radius 2 is 1.69 bits per heavy atom. The van der Waals surface area contributed by atoms with E-state index in [2.05, 4.69) is 39.5 Å². The molecule has 0 spiro atoms. The minimum Gasteiger partial charge on any atom is -0.106 e. The molecule has 0 heterocycles. The molecule has 0 radical (unpaired) electrons. The second-order valence-corrected chi connectivity index (χ2v) is 4.07. The summed E-state index contributed by atoms with van der Waals surface area (Å²) >= 11 is 0. The molecule has 0 aliphatic rings. The fourth-order valence-corrected chi connectivity index (χ4v) is 1.90. The topological polar surface area (TPSA) is 0 Å². The lowest BCUT2D eigenvalue weighted by molar-refractivity contribution is 0.302. The van der Waals surface area contributed by atoms with Crippen LogP contribution < -0.4 is 0 Å². The highest BCUT2D eigenvalue weighted by atomic mass is 14.2. The Morgan fingerprint density at radius 1 is 1.08 bits per heavy atom. The van der Waals surface area contributed by atoms with Crippen molar-refractivity contribution in [3.8, 4) is 11.8 Å². The summed E-state index contributed by atoms with van der Waals surface area (Å²) in [6, 6.07) is 0. The van der Waals surface area contributed by atoms with Crippen molar-refractivity contribution in [2.75, 3.05) is 0 Å². The monoisotopic (exact) mass is 180 g/mol. The third-order valence-electron chi connectivity index (χ3n) is 2.93. The van der Waals surface area contributed by atoms with Crippen LogP contribution >= 0.6 is 0 Å². The summed E-state index contributed by atoms with van der Waals surface area (Å²) in [7, 11) is 0. The van der Waals surface area contributed by atoms with Gasteiger partial charge in [0.1, 0.15) is 0 Å². The Bertz CT molecular complexity index is 170. The Balaban J connectivity index is 4.28. The van der Waals surface area contributed by atoms with Crippen LogP contribution in [0.5, 0.6) is 0 Å². The molecule has 0 aromatic carbocycles. The molecule has 0 saturated carbocycles. The zero-order valence-corrected chi connectivity index (χ0v) is 9.85. The van der Waals surface area contributed by atoms with E-state index >= 15 is 0 Å². The molecule has 0 aliphatic heterocycles. The Morgan fingerprint density at radius 3 is 2.08 bits per heavy atom. The van der Waals surface area contributed by atoms with Crippen LogP contribution in [0.3, 0.4) is 0 Å². The van der Waals surface area contributed by atoms with E-state index in [1.165, 1.54) is 19.3 Å². The average Bonchev–Trinajstić information content (AvgIpc) is 2.13. The van der Waals surface area contributed by atoms with Crippen LogP contribution in [0.15, 0.2) is 0 Å². The van der Waals surface area contributed by atoms with Crippen molar-refractivity contribution in [2.24, 2.45) is 17.8 Å². The van der Waals surface area contributed by atoms with Gasteiger partial charge in [0.25, 0.3) is 0 Å². The summed E-state index contributed by atoms with van der Waals surface area (Å²) in [5.41, 5.74) is 0. The SMILES string of the molecule is CC#CC(C(C)CC)C(C)CCC. The number of rotatable bonds is 5. The molecule has 0 aromatic heterocycles. The standard InChI is InChI=1S/C13H24/c1-6-9-12(5)13(10-7-2)11(4)8-3/h11-13H,6,8-9H2,1-5H3. The summed E-state index contributed by atoms with van der Waals surface area (Å²) in [5.74, 6) is 8.55. The van der Waals surface area contributed by atoms with Gasteiger partial charge in [-0.3, -0.25) is 0 Å². The summed E-state index contributed by atoms with van der Waals surface area (Å²) < 4.78 is 0. The Hall–Kier alpha value is -0.440. The highest BCUT2D eigenvalue weighted by Crippen LogP contribution is 2.26. The lowest BCUT2D eigenvalue weighted by Gasteiger charge is -2.24. The Kier molecular flexibility index (Phi) is 6.77. The molecule has 3 unspecified atom stereocenters. The molecule has 0 aromatic rings. The van der Waals surface area contributed by atoms with Crippen molar-refractivity contribution >= 4 is 0 Å². The molecule has 0 bridgehead atoms.